The first-order valence-corrected chi connectivity index (χ1v) is 7.57. The van der Waals surface area contributed by atoms with Gasteiger partial charge in [-0.05, 0) is 44.2 Å². The quantitative estimate of drug-likeness (QED) is 0.788. The average Bonchev–Trinajstić information content (AvgIpc) is 2.46. The molecule has 0 aromatic heterocycles. The van der Waals surface area contributed by atoms with Gasteiger partial charge in [-0.1, -0.05) is 29.8 Å². The zero-order valence-electron chi connectivity index (χ0n) is 12.9. The second-order valence-corrected chi connectivity index (χ2v) is 5.70. The molecule has 3 amide bonds. The minimum atomic E-state index is -0.358. The Morgan fingerprint density at radius 1 is 1.00 bits per heavy atom. The molecule has 0 saturated heterocycles. The number of rotatable bonds is 4. The zero-order chi connectivity index (χ0) is 16.8. The van der Waals surface area contributed by atoms with Gasteiger partial charge >= 0.3 is 6.03 Å². The molecule has 0 saturated carbocycles. The van der Waals surface area contributed by atoms with E-state index in [-0.39, 0.29) is 18.0 Å². The maximum absolute atomic E-state index is 12.4. The molecule has 0 heterocycles. The molecule has 0 aliphatic heterocycles. The second kappa shape index (κ2) is 7.65. The Balaban J connectivity index is 2.15. The standard InChI is InChI=1S/C17H18ClN3O2/c1-11(2)19-17(23)21-15-9-4-3-8-14(15)16(22)20-13-7-5-6-12(18)10-13/h3-11H,1-2H3,(H,20,22)(H2,19,21,23). The molecule has 2 aromatic rings. The second-order valence-electron chi connectivity index (χ2n) is 5.26. The van der Waals surface area contributed by atoms with Gasteiger partial charge in [-0.25, -0.2) is 4.79 Å². The van der Waals surface area contributed by atoms with E-state index in [0.29, 0.717) is 22.0 Å². The number of benzene rings is 2. The van der Waals surface area contributed by atoms with E-state index in [0.717, 1.165) is 0 Å². The van der Waals surface area contributed by atoms with Crippen molar-refractivity contribution in [1.29, 1.82) is 0 Å². The van der Waals surface area contributed by atoms with Crippen molar-refractivity contribution in [2.45, 2.75) is 19.9 Å². The van der Waals surface area contributed by atoms with Crippen LogP contribution in [0.3, 0.4) is 0 Å². The van der Waals surface area contributed by atoms with Crippen LogP contribution in [-0.2, 0) is 0 Å². The summed E-state index contributed by atoms with van der Waals surface area (Å²) in [5.41, 5.74) is 1.39. The Kier molecular flexibility index (Phi) is 5.60. The summed E-state index contributed by atoms with van der Waals surface area (Å²) in [6.45, 7) is 3.72. The molecule has 0 fully saturated rings. The Morgan fingerprint density at radius 2 is 1.74 bits per heavy atom. The first-order valence-electron chi connectivity index (χ1n) is 7.19. The smallest absolute Gasteiger partial charge is 0.319 e. The normalized spacial score (nSPS) is 10.3. The lowest BCUT2D eigenvalue weighted by molar-refractivity contribution is 0.102. The first-order chi connectivity index (χ1) is 11.0. The third kappa shape index (κ3) is 5.00. The summed E-state index contributed by atoms with van der Waals surface area (Å²) in [4.78, 5) is 24.3. The van der Waals surface area contributed by atoms with Gasteiger partial charge in [-0.15, -0.1) is 0 Å². The lowest BCUT2D eigenvalue weighted by Crippen LogP contribution is -2.34. The number of urea groups is 1. The van der Waals surface area contributed by atoms with E-state index in [1.54, 1.807) is 48.5 Å². The number of halogens is 1. The molecule has 23 heavy (non-hydrogen) atoms. The van der Waals surface area contributed by atoms with Crippen molar-refractivity contribution < 1.29 is 9.59 Å². The van der Waals surface area contributed by atoms with Gasteiger partial charge in [0.05, 0.1) is 11.3 Å². The molecule has 6 heteroatoms. The minimum absolute atomic E-state index is 0.00227. The van der Waals surface area contributed by atoms with Crippen LogP contribution in [0.2, 0.25) is 5.02 Å². The number of para-hydroxylation sites is 1. The van der Waals surface area contributed by atoms with Crippen LogP contribution >= 0.6 is 11.6 Å². The van der Waals surface area contributed by atoms with E-state index in [4.69, 9.17) is 11.6 Å². The predicted molar refractivity (Wildman–Crippen MR) is 93.1 cm³/mol. The molecule has 5 nitrogen and oxygen atoms in total. The van der Waals surface area contributed by atoms with Crippen LogP contribution in [0, 0.1) is 0 Å². The van der Waals surface area contributed by atoms with Crippen LogP contribution in [0.25, 0.3) is 0 Å². The highest BCUT2D eigenvalue weighted by molar-refractivity contribution is 6.31. The Hall–Kier alpha value is -2.53. The highest BCUT2D eigenvalue weighted by atomic mass is 35.5. The minimum Gasteiger partial charge on any atom is -0.336 e. The molecule has 0 radical (unpaired) electrons. The molecule has 0 aliphatic carbocycles. The summed E-state index contributed by atoms with van der Waals surface area (Å²) < 4.78 is 0. The molecule has 0 spiro atoms. The Labute approximate surface area is 140 Å². The van der Waals surface area contributed by atoms with Crippen molar-refractivity contribution in [2.75, 3.05) is 10.6 Å². The number of hydrogen-bond acceptors (Lipinski definition) is 2. The molecule has 2 aromatic carbocycles. The molecule has 0 unspecified atom stereocenters. The fourth-order valence-corrected chi connectivity index (χ4v) is 2.17. The third-order valence-electron chi connectivity index (χ3n) is 2.92. The van der Waals surface area contributed by atoms with Crippen molar-refractivity contribution >= 4 is 34.9 Å². The molecule has 0 atom stereocenters. The van der Waals surface area contributed by atoms with Crippen LogP contribution in [0.1, 0.15) is 24.2 Å². The van der Waals surface area contributed by atoms with Gasteiger partial charge in [0, 0.05) is 16.8 Å². The van der Waals surface area contributed by atoms with Crippen molar-refractivity contribution in [2.24, 2.45) is 0 Å². The fraction of sp³-hybridized carbons (Fsp3) is 0.176. The van der Waals surface area contributed by atoms with Crippen LogP contribution in [0.15, 0.2) is 48.5 Å². The number of amides is 3. The summed E-state index contributed by atoms with van der Waals surface area (Å²) in [6, 6.07) is 13.3. The number of anilines is 2. The SMILES string of the molecule is CC(C)NC(=O)Nc1ccccc1C(=O)Nc1cccc(Cl)c1. The molecule has 120 valence electrons. The van der Waals surface area contributed by atoms with E-state index in [1.165, 1.54) is 0 Å². The van der Waals surface area contributed by atoms with Gasteiger partial charge in [0.1, 0.15) is 0 Å². The van der Waals surface area contributed by atoms with Gasteiger partial charge in [0.15, 0.2) is 0 Å². The van der Waals surface area contributed by atoms with Crippen molar-refractivity contribution in [3.8, 4) is 0 Å². The summed E-state index contributed by atoms with van der Waals surface area (Å²) in [6.07, 6.45) is 0. The average molecular weight is 332 g/mol. The number of hydrogen-bond donors (Lipinski definition) is 3. The lowest BCUT2D eigenvalue weighted by Gasteiger charge is -2.13. The molecule has 0 aliphatic rings. The van der Waals surface area contributed by atoms with Crippen LogP contribution in [0.4, 0.5) is 16.2 Å². The largest absolute Gasteiger partial charge is 0.336 e. The van der Waals surface area contributed by atoms with Gasteiger partial charge < -0.3 is 16.0 Å². The zero-order valence-corrected chi connectivity index (χ0v) is 13.6. The summed E-state index contributed by atoms with van der Waals surface area (Å²) >= 11 is 5.91. The number of nitrogens with one attached hydrogen (secondary N) is 3. The fourth-order valence-electron chi connectivity index (χ4n) is 1.98. The van der Waals surface area contributed by atoms with E-state index >= 15 is 0 Å². The predicted octanol–water partition coefficient (Wildman–Crippen LogP) is 4.12. The first kappa shape index (κ1) is 16.8. The van der Waals surface area contributed by atoms with E-state index in [2.05, 4.69) is 16.0 Å². The number of carbonyl (C=O) groups is 2. The van der Waals surface area contributed by atoms with Gasteiger partial charge in [0.25, 0.3) is 5.91 Å². The van der Waals surface area contributed by atoms with Crippen molar-refractivity contribution in [1.82, 2.24) is 5.32 Å². The van der Waals surface area contributed by atoms with Gasteiger partial charge in [-0.3, -0.25) is 4.79 Å². The molecule has 2 rings (SSSR count). The molecular formula is C17H18ClN3O2. The van der Waals surface area contributed by atoms with Gasteiger partial charge in [-0.2, -0.15) is 0 Å². The molecule has 3 N–H and O–H groups in total. The molecule has 0 bridgehead atoms. The van der Waals surface area contributed by atoms with Gasteiger partial charge in [0.2, 0.25) is 0 Å². The Bertz CT molecular complexity index is 716. The topological polar surface area (TPSA) is 70.2 Å². The highest BCUT2D eigenvalue weighted by Gasteiger charge is 2.13. The summed E-state index contributed by atoms with van der Waals surface area (Å²) in [5, 5.41) is 8.69. The summed E-state index contributed by atoms with van der Waals surface area (Å²) in [5.74, 6) is -0.326. The van der Waals surface area contributed by atoms with Crippen LogP contribution in [-0.4, -0.2) is 18.0 Å². The third-order valence-corrected chi connectivity index (χ3v) is 3.16. The lowest BCUT2D eigenvalue weighted by atomic mass is 10.1. The summed E-state index contributed by atoms with van der Waals surface area (Å²) in [7, 11) is 0. The maximum Gasteiger partial charge on any atom is 0.319 e. The van der Waals surface area contributed by atoms with Crippen molar-refractivity contribution in [3.63, 3.8) is 0 Å². The number of carbonyl (C=O) groups excluding carboxylic acids is 2. The van der Waals surface area contributed by atoms with E-state index in [1.807, 2.05) is 13.8 Å². The van der Waals surface area contributed by atoms with Crippen LogP contribution < -0.4 is 16.0 Å². The molecular weight excluding hydrogens is 314 g/mol. The van der Waals surface area contributed by atoms with Crippen molar-refractivity contribution in [3.05, 3.63) is 59.1 Å². The van der Waals surface area contributed by atoms with E-state index in [9.17, 15) is 9.59 Å². The van der Waals surface area contributed by atoms with E-state index < -0.39 is 0 Å². The Morgan fingerprint density at radius 3 is 2.43 bits per heavy atom. The highest BCUT2D eigenvalue weighted by Crippen LogP contribution is 2.19. The monoisotopic (exact) mass is 331 g/mol. The van der Waals surface area contributed by atoms with Crippen LogP contribution in [0.5, 0.6) is 0 Å². The maximum atomic E-state index is 12.4.